The van der Waals surface area contributed by atoms with Gasteiger partial charge in [-0.1, -0.05) is 23.2 Å². The minimum absolute atomic E-state index is 0.0420. The summed E-state index contributed by atoms with van der Waals surface area (Å²) < 4.78 is 32.5. The molecule has 3 rings (SSSR count). The van der Waals surface area contributed by atoms with E-state index in [1.165, 1.54) is 31.2 Å². The Labute approximate surface area is 199 Å². The highest BCUT2D eigenvalue weighted by molar-refractivity contribution is 6.35. The number of amides is 1. The largest absolute Gasteiger partial charge is 0.455 e. The van der Waals surface area contributed by atoms with Crippen LogP contribution < -0.4 is 10.1 Å². The van der Waals surface area contributed by atoms with Crippen molar-refractivity contribution in [3.05, 3.63) is 78.1 Å². The number of hydrogen-bond donors (Lipinski definition) is 1. The van der Waals surface area contributed by atoms with Crippen LogP contribution >= 0.6 is 23.2 Å². The first-order chi connectivity index (χ1) is 16.0. The van der Waals surface area contributed by atoms with Gasteiger partial charge in [-0.2, -0.15) is 5.10 Å². The summed E-state index contributed by atoms with van der Waals surface area (Å²) in [4.78, 5) is 33.1. The van der Waals surface area contributed by atoms with Crippen LogP contribution in [0.1, 0.15) is 17.8 Å². The summed E-state index contributed by atoms with van der Waals surface area (Å²) in [6.07, 6.45) is -3.22. The zero-order valence-electron chi connectivity index (χ0n) is 17.0. The van der Waals surface area contributed by atoms with Crippen molar-refractivity contribution in [3.8, 4) is 11.5 Å². The third-order valence-electron chi connectivity index (χ3n) is 4.39. The Kier molecular flexibility index (Phi) is 7.27. The van der Waals surface area contributed by atoms with E-state index in [1.54, 1.807) is 0 Å². The number of non-ortho nitro benzene ring substituents is 1. The maximum Gasteiger partial charge on any atom is 0.319 e. The molecule has 11 nitrogen and oxygen atoms in total. The number of alkyl halides is 2. The van der Waals surface area contributed by atoms with E-state index < -0.39 is 45.8 Å². The molecule has 0 atom stereocenters. The Morgan fingerprint density at radius 1 is 1.18 bits per heavy atom. The van der Waals surface area contributed by atoms with E-state index in [4.69, 9.17) is 27.9 Å². The van der Waals surface area contributed by atoms with Crippen LogP contribution in [0.5, 0.6) is 11.5 Å². The highest BCUT2D eigenvalue weighted by atomic mass is 35.5. The number of carbonyl (C=O) groups is 1. The summed E-state index contributed by atoms with van der Waals surface area (Å²) in [6, 6.07) is 7.72. The van der Waals surface area contributed by atoms with Crippen LogP contribution in [0.25, 0.3) is 0 Å². The van der Waals surface area contributed by atoms with Crippen molar-refractivity contribution in [3.63, 3.8) is 0 Å². The number of nitrogens with zero attached hydrogens (tertiary/aromatic N) is 4. The molecule has 15 heteroatoms. The summed E-state index contributed by atoms with van der Waals surface area (Å²) in [6.45, 7) is 0.501. The highest BCUT2D eigenvalue weighted by Crippen LogP contribution is 2.35. The lowest BCUT2D eigenvalue weighted by molar-refractivity contribution is -0.386. The standard InChI is InChI=1S/C19H13Cl2F2N5O6/c1-9-18(28(32)33)17(19(22)23)25-26(9)8-16(29)24-11-5-12(27(30)31)7-13(6-11)34-15-3-2-10(20)4-14(15)21/h2-7,19H,8H2,1H3,(H,24,29). The predicted molar refractivity (Wildman–Crippen MR) is 117 cm³/mol. The molecule has 0 aliphatic carbocycles. The van der Waals surface area contributed by atoms with Gasteiger partial charge in [-0.3, -0.25) is 29.7 Å². The number of nitro benzene ring substituents is 1. The topological polar surface area (TPSA) is 142 Å². The Bertz CT molecular complexity index is 1300. The number of carbonyl (C=O) groups excluding carboxylic acids is 1. The van der Waals surface area contributed by atoms with Gasteiger partial charge in [0.2, 0.25) is 11.6 Å². The summed E-state index contributed by atoms with van der Waals surface area (Å²) in [5.41, 5.74) is -2.71. The number of halogens is 4. The molecular formula is C19H13Cl2F2N5O6. The van der Waals surface area contributed by atoms with Gasteiger partial charge in [0.25, 0.3) is 12.1 Å². The van der Waals surface area contributed by atoms with E-state index in [2.05, 4.69) is 10.4 Å². The first kappa shape index (κ1) is 24.8. The van der Waals surface area contributed by atoms with Gasteiger partial charge >= 0.3 is 5.69 Å². The van der Waals surface area contributed by atoms with Gasteiger partial charge in [0, 0.05) is 17.2 Å². The van der Waals surface area contributed by atoms with Crippen molar-refractivity contribution in [2.24, 2.45) is 0 Å². The van der Waals surface area contributed by atoms with Crippen LogP contribution in [0.15, 0.2) is 36.4 Å². The normalized spacial score (nSPS) is 10.9. The number of nitro groups is 2. The molecule has 178 valence electrons. The number of benzene rings is 2. The average Bonchev–Trinajstić information content (AvgIpc) is 3.06. The molecular weight excluding hydrogens is 503 g/mol. The molecule has 0 aliphatic rings. The summed E-state index contributed by atoms with van der Waals surface area (Å²) in [7, 11) is 0. The van der Waals surface area contributed by atoms with Crippen molar-refractivity contribution < 1.29 is 28.2 Å². The predicted octanol–water partition coefficient (Wildman–Crippen LogP) is 5.68. The molecule has 0 bridgehead atoms. The van der Waals surface area contributed by atoms with Gasteiger partial charge in [0.15, 0.2) is 0 Å². The summed E-state index contributed by atoms with van der Waals surface area (Å²) in [5.74, 6) is -0.736. The second kappa shape index (κ2) is 9.97. The first-order valence-corrected chi connectivity index (χ1v) is 9.94. The molecule has 34 heavy (non-hydrogen) atoms. The van der Waals surface area contributed by atoms with Crippen LogP contribution in [0, 0.1) is 27.2 Å². The molecule has 1 amide bonds. The van der Waals surface area contributed by atoms with Crippen molar-refractivity contribution in [2.75, 3.05) is 5.32 Å². The maximum absolute atomic E-state index is 13.1. The second-order valence-corrected chi connectivity index (χ2v) is 7.58. The zero-order chi connectivity index (χ0) is 25.2. The molecule has 1 aromatic heterocycles. The van der Waals surface area contributed by atoms with Gasteiger partial charge in [-0.25, -0.2) is 8.78 Å². The zero-order valence-corrected chi connectivity index (χ0v) is 18.5. The Morgan fingerprint density at radius 3 is 2.44 bits per heavy atom. The van der Waals surface area contributed by atoms with E-state index in [1.807, 2.05) is 0 Å². The molecule has 0 saturated heterocycles. The molecule has 1 N–H and O–H groups in total. The fourth-order valence-corrected chi connectivity index (χ4v) is 3.37. The summed E-state index contributed by atoms with van der Waals surface area (Å²) in [5, 5.41) is 28.7. The van der Waals surface area contributed by atoms with E-state index in [-0.39, 0.29) is 27.9 Å². The van der Waals surface area contributed by atoms with Crippen LogP contribution in [-0.2, 0) is 11.3 Å². The van der Waals surface area contributed by atoms with Crippen molar-refractivity contribution in [2.45, 2.75) is 19.9 Å². The Balaban J connectivity index is 1.86. The highest BCUT2D eigenvalue weighted by Gasteiger charge is 2.31. The fourth-order valence-electron chi connectivity index (χ4n) is 2.93. The molecule has 0 radical (unpaired) electrons. The maximum atomic E-state index is 13.1. The summed E-state index contributed by atoms with van der Waals surface area (Å²) >= 11 is 11.9. The molecule has 0 unspecified atom stereocenters. The van der Waals surface area contributed by atoms with E-state index >= 15 is 0 Å². The monoisotopic (exact) mass is 515 g/mol. The van der Waals surface area contributed by atoms with Gasteiger partial charge < -0.3 is 10.1 Å². The molecule has 0 saturated carbocycles. The van der Waals surface area contributed by atoms with Gasteiger partial charge in [-0.05, 0) is 25.1 Å². The van der Waals surface area contributed by atoms with Crippen LogP contribution in [0.3, 0.4) is 0 Å². The molecule has 2 aromatic carbocycles. The van der Waals surface area contributed by atoms with Gasteiger partial charge in [0.05, 0.1) is 26.6 Å². The number of ether oxygens (including phenoxy) is 1. The average molecular weight is 516 g/mol. The molecule has 3 aromatic rings. The van der Waals surface area contributed by atoms with Crippen molar-refractivity contribution >= 4 is 46.2 Å². The first-order valence-electron chi connectivity index (χ1n) is 9.18. The Morgan fingerprint density at radius 2 is 1.88 bits per heavy atom. The van der Waals surface area contributed by atoms with Crippen LogP contribution in [0.2, 0.25) is 10.0 Å². The fraction of sp³-hybridized carbons (Fsp3) is 0.158. The quantitative estimate of drug-likeness (QED) is 0.300. The molecule has 0 aliphatic heterocycles. The lowest BCUT2D eigenvalue weighted by Crippen LogP contribution is -2.20. The number of anilines is 1. The van der Waals surface area contributed by atoms with Crippen molar-refractivity contribution in [1.29, 1.82) is 0 Å². The third-order valence-corrected chi connectivity index (χ3v) is 4.92. The SMILES string of the molecule is Cc1c([N+](=O)[O-])c(C(F)F)nn1CC(=O)Nc1cc(Oc2ccc(Cl)cc2Cl)cc([N+](=O)[O-])c1. The van der Waals surface area contributed by atoms with Crippen LogP contribution in [-0.4, -0.2) is 25.5 Å². The number of nitrogens with one attached hydrogen (secondary N) is 1. The lowest BCUT2D eigenvalue weighted by atomic mass is 10.2. The minimum atomic E-state index is -3.22. The Hall–Kier alpha value is -3.84. The van der Waals surface area contributed by atoms with E-state index in [9.17, 15) is 33.8 Å². The lowest BCUT2D eigenvalue weighted by Gasteiger charge is -2.11. The smallest absolute Gasteiger partial charge is 0.319 e. The van der Waals surface area contributed by atoms with E-state index in [0.29, 0.717) is 5.02 Å². The van der Waals surface area contributed by atoms with Crippen molar-refractivity contribution in [1.82, 2.24) is 9.78 Å². The van der Waals surface area contributed by atoms with Gasteiger partial charge in [0.1, 0.15) is 23.7 Å². The number of aromatic nitrogens is 2. The number of hydrogen-bond acceptors (Lipinski definition) is 7. The number of rotatable bonds is 8. The molecule has 1 heterocycles. The van der Waals surface area contributed by atoms with Crippen LogP contribution in [0.4, 0.5) is 25.8 Å². The van der Waals surface area contributed by atoms with E-state index in [0.717, 1.165) is 16.8 Å². The molecule has 0 fully saturated rings. The molecule has 0 spiro atoms. The third kappa shape index (κ3) is 5.55. The second-order valence-electron chi connectivity index (χ2n) is 6.73. The van der Waals surface area contributed by atoms with Gasteiger partial charge in [-0.15, -0.1) is 0 Å². The minimum Gasteiger partial charge on any atom is -0.455 e.